The Bertz CT molecular complexity index is 842. The van der Waals surface area contributed by atoms with Gasteiger partial charge in [0.15, 0.2) is 0 Å². The van der Waals surface area contributed by atoms with E-state index < -0.39 is 0 Å². The fourth-order valence-electron chi connectivity index (χ4n) is 3.34. The van der Waals surface area contributed by atoms with E-state index in [2.05, 4.69) is 9.97 Å². The van der Waals surface area contributed by atoms with Crippen LogP contribution >= 0.6 is 0 Å². The number of nitrogens with zero attached hydrogens (tertiary/aromatic N) is 2. The highest BCUT2D eigenvalue weighted by molar-refractivity contribution is 5.47. The topological polar surface area (TPSA) is 38.9 Å². The van der Waals surface area contributed by atoms with Gasteiger partial charge in [-0.2, -0.15) is 0 Å². The molecule has 1 atom stereocenters. The average Bonchev–Trinajstić information content (AvgIpc) is 2.99. The molecule has 3 nitrogen and oxygen atoms in total. The van der Waals surface area contributed by atoms with Crippen molar-refractivity contribution < 1.29 is 8.81 Å². The Morgan fingerprint density at radius 1 is 1.22 bits per heavy atom. The number of aryl methyl sites for hydroxylation is 2. The van der Waals surface area contributed by atoms with Gasteiger partial charge in [-0.3, -0.25) is 4.98 Å². The second kappa shape index (κ2) is 5.61. The molecule has 4 rings (SSSR count). The minimum absolute atomic E-state index is 0.181. The molecule has 0 aliphatic heterocycles. The number of hydrogen-bond donors (Lipinski definition) is 0. The Morgan fingerprint density at radius 3 is 2.91 bits per heavy atom. The van der Waals surface area contributed by atoms with Gasteiger partial charge in [-0.1, -0.05) is 12.1 Å². The van der Waals surface area contributed by atoms with Crippen LogP contribution in [0.5, 0.6) is 0 Å². The summed E-state index contributed by atoms with van der Waals surface area (Å²) < 4.78 is 19.3. The summed E-state index contributed by atoms with van der Waals surface area (Å²) in [6, 6.07) is 10.7. The third-order valence-corrected chi connectivity index (χ3v) is 4.50. The molecule has 0 radical (unpaired) electrons. The van der Waals surface area contributed by atoms with Gasteiger partial charge in [-0.15, -0.1) is 0 Å². The first-order valence-electron chi connectivity index (χ1n) is 7.87. The van der Waals surface area contributed by atoms with Crippen LogP contribution < -0.4 is 0 Å². The first-order chi connectivity index (χ1) is 11.2. The predicted molar refractivity (Wildman–Crippen MR) is 85.6 cm³/mol. The van der Waals surface area contributed by atoms with Crippen molar-refractivity contribution in [3.8, 4) is 11.6 Å². The van der Waals surface area contributed by atoms with E-state index in [1.54, 1.807) is 12.3 Å². The predicted octanol–water partition coefficient (Wildman–Crippen LogP) is 4.46. The number of fused-ring (bicyclic) bond motifs is 1. The van der Waals surface area contributed by atoms with Gasteiger partial charge in [0.25, 0.3) is 0 Å². The molecule has 0 bridgehead atoms. The molecule has 23 heavy (non-hydrogen) atoms. The van der Waals surface area contributed by atoms with Gasteiger partial charge in [0, 0.05) is 12.6 Å². The monoisotopic (exact) mass is 308 g/mol. The maximum atomic E-state index is 13.3. The number of hydrogen-bond acceptors (Lipinski definition) is 3. The molecule has 0 N–H and O–H groups in total. The molecule has 0 amide bonds. The maximum Gasteiger partial charge on any atom is 0.245 e. The highest BCUT2D eigenvalue weighted by atomic mass is 19.1. The minimum Gasteiger partial charge on any atom is -0.440 e. The zero-order valence-electron chi connectivity index (χ0n) is 12.9. The van der Waals surface area contributed by atoms with Crippen molar-refractivity contribution in [1.29, 1.82) is 0 Å². The molecule has 1 unspecified atom stereocenters. The van der Waals surface area contributed by atoms with Gasteiger partial charge < -0.3 is 4.42 Å². The molecular formula is C19H17FN2O. The molecule has 2 heterocycles. The van der Waals surface area contributed by atoms with Crippen LogP contribution in [0.4, 0.5) is 4.39 Å². The van der Waals surface area contributed by atoms with Crippen molar-refractivity contribution in [1.82, 2.24) is 9.97 Å². The van der Waals surface area contributed by atoms with Gasteiger partial charge in [-0.25, -0.2) is 9.37 Å². The molecule has 116 valence electrons. The van der Waals surface area contributed by atoms with Crippen molar-refractivity contribution in [2.75, 3.05) is 0 Å². The zero-order chi connectivity index (χ0) is 15.8. The summed E-state index contributed by atoms with van der Waals surface area (Å²) in [5, 5.41) is 0. The Labute approximate surface area is 134 Å². The van der Waals surface area contributed by atoms with E-state index in [0.717, 1.165) is 42.0 Å². The Balaban J connectivity index is 1.63. The Kier molecular flexibility index (Phi) is 3.45. The molecule has 1 aliphatic rings. The van der Waals surface area contributed by atoms with Crippen molar-refractivity contribution in [2.45, 2.75) is 32.1 Å². The Morgan fingerprint density at radius 2 is 2.13 bits per heavy atom. The van der Waals surface area contributed by atoms with Gasteiger partial charge in [0.05, 0.1) is 5.69 Å². The molecule has 1 aliphatic carbocycles. The highest BCUT2D eigenvalue weighted by Crippen LogP contribution is 2.35. The van der Waals surface area contributed by atoms with Crippen molar-refractivity contribution in [3.63, 3.8) is 0 Å². The number of aromatic nitrogens is 2. The van der Waals surface area contributed by atoms with Crippen LogP contribution in [0.2, 0.25) is 0 Å². The molecule has 0 fully saturated rings. The van der Waals surface area contributed by atoms with E-state index in [1.807, 2.05) is 31.2 Å². The largest absolute Gasteiger partial charge is 0.440 e. The van der Waals surface area contributed by atoms with Crippen LogP contribution in [0.25, 0.3) is 11.6 Å². The SMILES string of the molecule is Cc1cc(F)ccc1C1CCc2nc(-c3ccccn3)oc2C1. The summed E-state index contributed by atoms with van der Waals surface area (Å²) in [6.45, 7) is 1.97. The second-order valence-corrected chi connectivity index (χ2v) is 6.04. The Hall–Kier alpha value is -2.49. The first kappa shape index (κ1) is 14.1. The molecule has 3 aromatic rings. The number of rotatable bonds is 2. The number of halogens is 1. The summed E-state index contributed by atoms with van der Waals surface area (Å²) >= 11 is 0. The quantitative estimate of drug-likeness (QED) is 0.702. The van der Waals surface area contributed by atoms with Gasteiger partial charge in [0.1, 0.15) is 17.3 Å². The van der Waals surface area contributed by atoms with Crippen LogP contribution in [0.3, 0.4) is 0 Å². The summed E-state index contributed by atoms with van der Waals surface area (Å²) in [7, 11) is 0. The van der Waals surface area contributed by atoms with Crippen molar-refractivity contribution >= 4 is 0 Å². The molecule has 0 saturated heterocycles. The molecule has 0 saturated carbocycles. The normalized spacial score (nSPS) is 17.0. The molecule has 4 heteroatoms. The maximum absolute atomic E-state index is 13.3. The summed E-state index contributed by atoms with van der Waals surface area (Å²) in [4.78, 5) is 8.89. The lowest BCUT2D eigenvalue weighted by atomic mass is 9.83. The van der Waals surface area contributed by atoms with Crippen molar-refractivity contribution in [2.24, 2.45) is 0 Å². The lowest BCUT2D eigenvalue weighted by molar-refractivity contribution is 0.456. The number of pyridine rings is 1. The van der Waals surface area contributed by atoms with Gasteiger partial charge >= 0.3 is 0 Å². The van der Waals surface area contributed by atoms with E-state index in [9.17, 15) is 4.39 Å². The average molecular weight is 308 g/mol. The molecule has 0 spiro atoms. The van der Waals surface area contributed by atoms with E-state index >= 15 is 0 Å². The molecular weight excluding hydrogens is 291 g/mol. The smallest absolute Gasteiger partial charge is 0.245 e. The van der Waals surface area contributed by atoms with Crippen LogP contribution in [-0.4, -0.2) is 9.97 Å². The lowest BCUT2D eigenvalue weighted by Crippen LogP contribution is -2.13. The van der Waals surface area contributed by atoms with E-state index in [0.29, 0.717) is 11.8 Å². The first-order valence-corrected chi connectivity index (χ1v) is 7.87. The van der Waals surface area contributed by atoms with E-state index in [-0.39, 0.29) is 5.82 Å². The summed E-state index contributed by atoms with van der Waals surface area (Å²) in [5.41, 5.74) is 3.99. The second-order valence-electron chi connectivity index (χ2n) is 6.04. The van der Waals surface area contributed by atoms with Crippen LogP contribution in [-0.2, 0) is 12.8 Å². The zero-order valence-corrected chi connectivity index (χ0v) is 12.9. The van der Waals surface area contributed by atoms with Crippen LogP contribution in [0, 0.1) is 12.7 Å². The van der Waals surface area contributed by atoms with Gasteiger partial charge in [-0.05, 0) is 61.1 Å². The third kappa shape index (κ3) is 2.65. The number of oxazole rings is 1. The summed E-state index contributed by atoms with van der Waals surface area (Å²) in [6.07, 6.45) is 4.44. The molecule has 1 aromatic carbocycles. The standard InChI is InChI=1S/C19H17FN2O/c1-12-10-14(20)6-7-15(12)13-5-8-16-18(11-13)23-19(22-16)17-4-2-3-9-21-17/h2-4,6-7,9-10,13H,5,8,11H2,1H3. The molecule has 2 aromatic heterocycles. The third-order valence-electron chi connectivity index (χ3n) is 4.50. The fraction of sp³-hybridized carbons (Fsp3) is 0.263. The number of benzene rings is 1. The summed E-state index contributed by atoms with van der Waals surface area (Å²) in [5.74, 6) is 1.70. The highest BCUT2D eigenvalue weighted by Gasteiger charge is 2.26. The fourth-order valence-corrected chi connectivity index (χ4v) is 3.34. The van der Waals surface area contributed by atoms with Crippen molar-refractivity contribution in [3.05, 3.63) is 71.0 Å². The van der Waals surface area contributed by atoms with E-state index in [4.69, 9.17) is 4.42 Å². The van der Waals surface area contributed by atoms with Gasteiger partial charge in [0.2, 0.25) is 5.89 Å². The van der Waals surface area contributed by atoms with Crippen LogP contribution in [0.15, 0.2) is 47.0 Å². The van der Waals surface area contributed by atoms with Crippen LogP contribution in [0.1, 0.15) is 34.9 Å². The van der Waals surface area contributed by atoms with E-state index in [1.165, 1.54) is 11.6 Å². The minimum atomic E-state index is -0.181. The lowest BCUT2D eigenvalue weighted by Gasteiger charge is -2.22.